The number of hydrogen-bond acceptors (Lipinski definition) is 9. The summed E-state index contributed by atoms with van der Waals surface area (Å²) in [6.07, 6.45) is 0. The summed E-state index contributed by atoms with van der Waals surface area (Å²) in [5.41, 5.74) is -0.0404. The molecule has 1 fully saturated rings. The normalized spacial score (nSPS) is 20.5. The van der Waals surface area contributed by atoms with Gasteiger partial charge in [-0.2, -0.15) is 0 Å². The van der Waals surface area contributed by atoms with Gasteiger partial charge in [-0.25, -0.2) is 0 Å². The molecule has 2 atom stereocenters. The van der Waals surface area contributed by atoms with E-state index in [1.165, 1.54) is 18.7 Å². The Bertz CT molecular complexity index is 935. The molecule has 10 nitrogen and oxygen atoms in total. The first-order chi connectivity index (χ1) is 13.8. The average Bonchev–Trinajstić information content (AvgIpc) is 2.70. The van der Waals surface area contributed by atoms with Crippen LogP contribution in [0.2, 0.25) is 0 Å². The maximum Gasteiger partial charge on any atom is 1.00 e. The molecule has 12 heteroatoms. The number of esters is 1. The van der Waals surface area contributed by atoms with Crippen molar-refractivity contribution in [3.8, 4) is 0 Å². The number of carboxylic acid groups (broad SMARTS) is 1. The maximum absolute atomic E-state index is 12.5. The number of thioether (sulfide) groups is 1. The molecular weight excluding hydrogens is 425 g/mol. The Kier molecular flexibility index (Phi) is 8.07. The number of aliphatic carboxylic acids is 1. The molecule has 2 heterocycles. The first-order valence-electron chi connectivity index (χ1n) is 8.45. The minimum absolute atomic E-state index is 0. The number of nitrogens with one attached hydrogen (secondary N) is 1. The van der Waals surface area contributed by atoms with Crippen molar-refractivity contribution in [2.24, 2.45) is 5.16 Å². The number of carboxylic acids is 1. The zero-order chi connectivity index (χ0) is 21.1. The zero-order valence-electron chi connectivity index (χ0n) is 16.2. The third kappa shape index (κ3) is 4.69. The molecule has 30 heavy (non-hydrogen) atoms. The molecular formula is C18H16N3NaO7S. The topological polar surface area (TPSA) is 148 Å². The van der Waals surface area contributed by atoms with E-state index in [2.05, 4.69) is 10.5 Å². The second kappa shape index (κ2) is 10.1. The summed E-state index contributed by atoms with van der Waals surface area (Å²) in [6.45, 7) is 0.917. The standard InChI is InChI=1S/C18H17N3O7S.Na/c1-9(22)28-7-11-8-29-17-13(16(24)21(17)14(11)18(25)26)19-15(23)12(20-27)10-5-3-2-4-6-10;/h2-6,13,17,27H,7-8H2,1H3,(H,19,23)(H,25,26);/q;+1/p-1/b20-12+;/t13-,17-;/m1./s1. The first-order valence-corrected chi connectivity index (χ1v) is 9.49. The van der Waals surface area contributed by atoms with Gasteiger partial charge in [0.2, 0.25) is 0 Å². The second-order valence-corrected chi connectivity index (χ2v) is 7.30. The molecule has 2 N–H and O–H groups in total. The minimum atomic E-state index is -1.57. The Hall–Kier alpha value is -2.34. The fourth-order valence-electron chi connectivity index (χ4n) is 3.01. The molecule has 0 spiro atoms. The van der Waals surface area contributed by atoms with Crippen LogP contribution < -0.4 is 40.0 Å². The number of β-lactam (4-membered cyclic amide) rings is 1. The Labute approximate surface area is 197 Å². The fourth-order valence-corrected chi connectivity index (χ4v) is 4.34. The van der Waals surface area contributed by atoms with Gasteiger partial charge in [-0.3, -0.25) is 19.3 Å². The number of rotatable bonds is 6. The van der Waals surface area contributed by atoms with Crippen molar-refractivity contribution in [3.63, 3.8) is 0 Å². The number of nitrogens with zero attached hydrogens (tertiary/aromatic N) is 2. The molecule has 0 saturated carbocycles. The fraction of sp³-hybridized carbons (Fsp3) is 0.278. The van der Waals surface area contributed by atoms with Gasteiger partial charge in [-0.15, -0.1) is 11.8 Å². The van der Waals surface area contributed by atoms with Gasteiger partial charge < -0.3 is 25.2 Å². The van der Waals surface area contributed by atoms with Crippen LogP contribution in [-0.2, 0) is 23.9 Å². The van der Waals surface area contributed by atoms with Gasteiger partial charge in [0.1, 0.15) is 18.0 Å². The maximum atomic E-state index is 12.5. The molecule has 0 aromatic heterocycles. The molecule has 2 amide bonds. The molecule has 3 rings (SSSR count). The Morgan fingerprint density at radius 3 is 2.57 bits per heavy atom. The molecule has 1 saturated heterocycles. The number of amides is 2. The predicted octanol–water partition coefficient (Wildman–Crippen LogP) is -4.16. The molecule has 2 aliphatic rings. The summed E-state index contributed by atoms with van der Waals surface area (Å²) < 4.78 is 4.84. The summed E-state index contributed by atoms with van der Waals surface area (Å²) in [5, 5.41) is 25.6. The van der Waals surface area contributed by atoms with Crippen molar-refractivity contribution >= 4 is 41.2 Å². The Balaban J connectivity index is 0.00000320. The smallest absolute Gasteiger partial charge is 0.543 e. The summed E-state index contributed by atoms with van der Waals surface area (Å²) in [4.78, 5) is 48.6. The number of carbonyl (C=O) groups is 4. The van der Waals surface area contributed by atoms with E-state index in [1.807, 2.05) is 0 Å². The molecule has 0 unspecified atom stereocenters. The molecule has 2 aliphatic heterocycles. The summed E-state index contributed by atoms with van der Waals surface area (Å²) in [6, 6.07) is 7.17. The largest absolute Gasteiger partial charge is 1.00 e. The van der Waals surface area contributed by atoms with Crippen LogP contribution in [0.5, 0.6) is 0 Å². The third-order valence-electron chi connectivity index (χ3n) is 4.34. The van der Waals surface area contributed by atoms with Crippen LogP contribution in [0.15, 0.2) is 46.8 Å². The van der Waals surface area contributed by atoms with Crippen LogP contribution in [0.3, 0.4) is 0 Å². The van der Waals surface area contributed by atoms with E-state index >= 15 is 0 Å². The van der Waals surface area contributed by atoms with Gasteiger partial charge in [0.15, 0.2) is 5.71 Å². The Morgan fingerprint density at radius 2 is 2.00 bits per heavy atom. The van der Waals surface area contributed by atoms with E-state index in [-0.39, 0.29) is 58.9 Å². The van der Waals surface area contributed by atoms with E-state index in [0.29, 0.717) is 5.56 Å². The zero-order valence-corrected chi connectivity index (χ0v) is 19.0. The third-order valence-corrected chi connectivity index (χ3v) is 5.68. The Morgan fingerprint density at radius 1 is 1.33 bits per heavy atom. The van der Waals surface area contributed by atoms with E-state index in [4.69, 9.17) is 4.74 Å². The summed E-state index contributed by atoms with van der Waals surface area (Å²) in [7, 11) is 0. The van der Waals surface area contributed by atoms with Gasteiger partial charge in [0.05, 0.1) is 11.7 Å². The summed E-state index contributed by atoms with van der Waals surface area (Å²) >= 11 is 1.21. The van der Waals surface area contributed by atoms with Crippen molar-refractivity contribution in [1.82, 2.24) is 10.2 Å². The van der Waals surface area contributed by atoms with Crippen molar-refractivity contribution in [3.05, 3.63) is 47.2 Å². The van der Waals surface area contributed by atoms with Crippen molar-refractivity contribution in [2.45, 2.75) is 18.3 Å². The van der Waals surface area contributed by atoms with Crippen LogP contribution in [0, 0.1) is 0 Å². The average molecular weight is 441 g/mol. The van der Waals surface area contributed by atoms with Crippen LogP contribution >= 0.6 is 11.8 Å². The molecule has 1 aromatic carbocycles. The van der Waals surface area contributed by atoms with Gasteiger partial charge in [0, 0.05) is 23.8 Å². The first kappa shape index (κ1) is 23.9. The molecule has 0 aliphatic carbocycles. The van der Waals surface area contributed by atoms with Crippen molar-refractivity contribution < 1.29 is 63.8 Å². The predicted molar refractivity (Wildman–Crippen MR) is 98.5 cm³/mol. The number of benzene rings is 1. The van der Waals surface area contributed by atoms with E-state index in [0.717, 1.165) is 4.90 Å². The molecule has 1 aromatic rings. The molecule has 152 valence electrons. The van der Waals surface area contributed by atoms with Gasteiger partial charge in [0.25, 0.3) is 11.8 Å². The minimum Gasteiger partial charge on any atom is -0.543 e. The number of carbonyl (C=O) groups excluding carboxylic acids is 4. The van der Waals surface area contributed by atoms with Crippen molar-refractivity contribution in [2.75, 3.05) is 12.4 Å². The quantitative estimate of drug-likeness (QED) is 0.113. The second-order valence-electron chi connectivity index (χ2n) is 6.20. The van der Waals surface area contributed by atoms with Crippen molar-refractivity contribution in [1.29, 1.82) is 0 Å². The van der Waals surface area contributed by atoms with Crippen LogP contribution in [0.25, 0.3) is 0 Å². The molecule has 0 bridgehead atoms. The SMILES string of the molecule is CC(=O)OCC1=C(C(=O)[O-])N2C(=O)[C@@H](NC(=O)/C(=N/O)c3ccccc3)[C@H]2SC1.[Na+]. The van der Waals surface area contributed by atoms with Crippen LogP contribution in [-0.4, -0.2) is 63.3 Å². The van der Waals surface area contributed by atoms with Crippen LogP contribution in [0.4, 0.5) is 0 Å². The number of fused-ring (bicyclic) bond motifs is 1. The number of hydrogen-bond donors (Lipinski definition) is 2. The van der Waals surface area contributed by atoms with E-state index < -0.39 is 35.2 Å². The number of ether oxygens (including phenoxy) is 1. The van der Waals surface area contributed by atoms with Gasteiger partial charge >= 0.3 is 35.5 Å². The van der Waals surface area contributed by atoms with E-state index in [1.54, 1.807) is 30.3 Å². The monoisotopic (exact) mass is 441 g/mol. The summed E-state index contributed by atoms with van der Waals surface area (Å²) in [5.74, 6) is -3.41. The van der Waals surface area contributed by atoms with E-state index in [9.17, 15) is 29.5 Å². The molecule has 0 radical (unpaired) electrons. The number of oxime groups is 1. The van der Waals surface area contributed by atoms with Gasteiger partial charge in [-0.05, 0) is 0 Å². The van der Waals surface area contributed by atoms with Crippen LogP contribution in [0.1, 0.15) is 12.5 Å². The van der Waals surface area contributed by atoms with Gasteiger partial charge in [-0.1, -0.05) is 35.5 Å².